The zero-order valence-electron chi connectivity index (χ0n) is 18.7. The Labute approximate surface area is 186 Å². The van der Waals surface area contributed by atoms with Gasteiger partial charge in [0.15, 0.2) is 5.96 Å². The molecule has 2 aromatic rings. The average Bonchev–Trinajstić information content (AvgIpc) is 2.80. The van der Waals surface area contributed by atoms with Gasteiger partial charge in [-0.25, -0.2) is 4.99 Å². The van der Waals surface area contributed by atoms with Crippen LogP contribution in [0.25, 0.3) is 0 Å². The molecule has 31 heavy (non-hydrogen) atoms. The van der Waals surface area contributed by atoms with Crippen molar-refractivity contribution in [3.05, 3.63) is 77.9 Å². The highest BCUT2D eigenvalue weighted by atomic mass is 16.5. The number of rotatable bonds is 14. The molecule has 0 aromatic heterocycles. The van der Waals surface area contributed by atoms with Gasteiger partial charge in [-0.3, -0.25) is 0 Å². The summed E-state index contributed by atoms with van der Waals surface area (Å²) < 4.78 is 16.7. The second kappa shape index (κ2) is 15.0. The molecular formula is C25H35N3O3. The van der Waals surface area contributed by atoms with E-state index >= 15 is 0 Å². The van der Waals surface area contributed by atoms with E-state index in [-0.39, 0.29) is 0 Å². The Morgan fingerprint density at radius 2 is 1.81 bits per heavy atom. The third-order valence-electron chi connectivity index (χ3n) is 4.38. The minimum absolute atomic E-state index is 0.483. The number of aliphatic imine (C=N–C) groups is 1. The number of nitrogens with zero attached hydrogens (tertiary/aromatic N) is 1. The molecule has 0 radical (unpaired) electrons. The first-order valence-corrected chi connectivity index (χ1v) is 10.8. The van der Waals surface area contributed by atoms with Crippen LogP contribution in [0.3, 0.4) is 0 Å². The van der Waals surface area contributed by atoms with E-state index < -0.39 is 0 Å². The van der Waals surface area contributed by atoms with Crippen molar-refractivity contribution in [2.24, 2.45) is 4.99 Å². The summed E-state index contributed by atoms with van der Waals surface area (Å²) in [4.78, 5) is 4.73. The van der Waals surface area contributed by atoms with Crippen LogP contribution < -0.4 is 15.4 Å². The van der Waals surface area contributed by atoms with E-state index in [1.54, 1.807) is 6.08 Å². The van der Waals surface area contributed by atoms with Crippen LogP contribution in [0.4, 0.5) is 0 Å². The summed E-state index contributed by atoms with van der Waals surface area (Å²) in [6.45, 7) is 12.7. The highest BCUT2D eigenvalue weighted by Crippen LogP contribution is 2.17. The predicted octanol–water partition coefficient (Wildman–Crippen LogP) is 4.06. The van der Waals surface area contributed by atoms with Gasteiger partial charge in [0.25, 0.3) is 0 Å². The number of guanidine groups is 1. The predicted molar refractivity (Wildman–Crippen MR) is 126 cm³/mol. The molecule has 0 unspecified atom stereocenters. The number of hydrogen-bond acceptors (Lipinski definition) is 4. The second-order valence-electron chi connectivity index (χ2n) is 6.83. The van der Waals surface area contributed by atoms with Crippen LogP contribution >= 0.6 is 0 Å². The van der Waals surface area contributed by atoms with Gasteiger partial charge in [-0.15, -0.1) is 0 Å². The maximum atomic E-state index is 5.74. The molecule has 6 nitrogen and oxygen atoms in total. The van der Waals surface area contributed by atoms with Crippen LogP contribution in [0.5, 0.6) is 5.75 Å². The van der Waals surface area contributed by atoms with Gasteiger partial charge in [0.2, 0.25) is 0 Å². The van der Waals surface area contributed by atoms with Gasteiger partial charge in [-0.2, -0.15) is 0 Å². The number of hydrogen-bond donors (Lipinski definition) is 2. The highest BCUT2D eigenvalue weighted by Gasteiger charge is 2.04. The van der Waals surface area contributed by atoms with Crippen molar-refractivity contribution >= 4 is 5.96 Å². The summed E-state index contributed by atoms with van der Waals surface area (Å²) in [5, 5.41) is 6.68. The summed E-state index contributed by atoms with van der Waals surface area (Å²) in [6.07, 6.45) is 1.74. The number of benzene rings is 2. The van der Waals surface area contributed by atoms with Crippen LogP contribution in [0.15, 0.2) is 66.2 Å². The summed E-state index contributed by atoms with van der Waals surface area (Å²) >= 11 is 0. The fourth-order valence-corrected chi connectivity index (χ4v) is 2.90. The van der Waals surface area contributed by atoms with E-state index in [0.717, 1.165) is 34.9 Å². The quantitative estimate of drug-likeness (QED) is 0.207. The van der Waals surface area contributed by atoms with Crippen LogP contribution in [0.2, 0.25) is 0 Å². The van der Waals surface area contributed by atoms with Gasteiger partial charge in [-0.1, -0.05) is 55.1 Å². The van der Waals surface area contributed by atoms with Crippen molar-refractivity contribution in [2.75, 3.05) is 33.0 Å². The van der Waals surface area contributed by atoms with Gasteiger partial charge in [0.05, 0.1) is 26.4 Å². The van der Waals surface area contributed by atoms with Gasteiger partial charge in [-0.05, 0) is 31.0 Å². The Kier molecular flexibility index (Phi) is 11.9. The van der Waals surface area contributed by atoms with E-state index in [4.69, 9.17) is 19.2 Å². The Bertz CT molecular complexity index is 808. The lowest BCUT2D eigenvalue weighted by molar-refractivity contribution is 0.0453. The summed E-state index contributed by atoms with van der Waals surface area (Å²) in [5.74, 6) is 1.61. The monoisotopic (exact) mass is 425 g/mol. The maximum absolute atomic E-state index is 5.74. The van der Waals surface area contributed by atoms with Crippen molar-refractivity contribution in [3.8, 4) is 5.75 Å². The molecule has 0 bridgehead atoms. The molecule has 2 N–H and O–H groups in total. The van der Waals surface area contributed by atoms with Crippen molar-refractivity contribution in [1.82, 2.24) is 10.6 Å². The fourth-order valence-electron chi connectivity index (χ4n) is 2.90. The maximum Gasteiger partial charge on any atom is 0.191 e. The molecule has 0 saturated carbocycles. The molecule has 0 atom stereocenters. The lowest BCUT2D eigenvalue weighted by Gasteiger charge is -2.14. The first kappa shape index (κ1) is 24.4. The lowest BCUT2D eigenvalue weighted by Crippen LogP contribution is -2.36. The summed E-state index contributed by atoms with van der Waals surface area (Å²) in [7, 11) is 0. The molecule has 6 heteroatoms. The van der Waals surface area contributed by atoms with E-state index in [9.17, 15) is 0 Å². The van der Waals surface area contributed by atoms with E-state index in [2.05, 4.69) is 42.3 Å². The number of para-hydroxylation sites is 1. The normalized spacial score (nSPS) is 11.2. The molecule has 0 fully saturated rings. The standard InChI is InChI=1S/C25H35N3O3/c1-4-14-31-24-13-8-7-12-23(24)19-28-25(26-5-2)27-18-21-10-9-11-22(17-21)20-30-16-15-29-6-3/h4,7-13,17H,1,5-6,14-16,18-20H2,2-3H3,(H2,26,27,28). The molecule has 2 rings (SSSR count). The van der Waals surface area contributed by atoms with Crippen LogP contribution in [-0.4, -0.2) is 38.9 Å². The Morgan fingerprint density at radius 3 is 2.61 bits per heavy atom. The molecule has 0 spiro atoms. The molecular weight excluding hydrogens is 390 g/mol. The molecule has 0 aliphatic carbocycles. The Hall–Kier alpha value is -2.83. The fraction of sp³-hybridized carbons (Fsp3) is 0.400. The zero-order chi connectivity index (χ0) is 22.2. The van der Waals surface area contributed by atoms with Gasteiger partial charge >= 0.3 is 0 Å². The van der Waals surface area contributed by atoms with E-state index in [0.29, 0.717) is 46.1 Å². The van der Waals surface area contributed by atoms with E-state index in [1.165, 1.54) is 0 Å². The molecule has 0 heterocycles. The van der Waals surface area contributed by atoms with E-state index in [1.807, 2.05) is 37.3 Å². The van der Waals surface area contributed by atoms with Crippen molar-refractivity contribution in [2.45, 2.75) is 33.5 Å². The topological polar surface area (TPSA) is 64.1 Å². The minimum atomic E-state index is 0.483. The first-order valence-electron chi connectivity index (χ1n) is 10.8. The molecule has 0 amide bonds. The minimum Gasteiger partial charge on any atom is -0.489 e. The molecule has 0 aliphatic heterocycles. The molecule has 0 saturated heterocycles. The average molecular weight is 426 g/mol. The van der Waals surface area contributed by atoms with Crippen molar-refractivity contribution in [1.29, 1.82) is 0 Å². The molecule has 2 aromatic carbocycles. The van der Waals surface area contributed by atoms with Crippen LogP contribution in [-0.2, 0) is 29.2 Å². The summed E-state index contributed by atoms with van der Waals surface area (Å²) in [5.41, 5.74) is 3.34. The molecule has 0 aliphatic rings. The van der Waals surface area contributed by atoms with Gasteiger partial charge in [0.1, 0.15) is 12.4 Å². The number of ether oxygens (including phenoxy) is 3. The van der Waals surface area contributed by atoms with Gasteiger partial charge < -0.3 is 24.8 Å². The van der Waals surface area contributed by atoms with Crippen molar-refractivity contribution < 1.29 is 14.2 Å². The third-order valence-corrected chi connectivity index (χ3v) is 4.38. The van der Waals surface area contributed by atoms with Gasteiger partial charge in [0, 0.05) is 25.3 Å². The second-order valence-corrected chi connectivity index (χ2v) is 6.83. The smallest absolute Gasteiger partial charge is 0.191 e. The SMILES string of the molecule is C=CCOc1ccccc1CNC(=NCc1cccc(COCCOCC)c1)NCC. The Morgan fingerprint density at radius 1 is 1.00 bits per heavy atom. The number of nitrogens with one attached hydrogen (secondary N) is 2. The van der Waals surface area contributed by atoms with Crippen LogP contribution in [0.1, 0.15) is 30.5 Å². The molecule has 168 valence electrons. The zero-order valence-corrected chi connectivity index (χ0v) is 18.7. The van der Waals surface area contributed by atoms with Crippen molar-refractivity contribution in [3.63, 3.8) is 0 Å². The Balaban J connectivity index is 1.92. The third kappa shape index (κ3) is 9.68. The first-order chi connectivity index (χ1) is 15.3. The lowest BCUT2D eigenvalue weighted by atomic mass is 10.1. The summed E-state index contributed by atoms with van der Waals surface area (Å²) in [6, 6.07) is 16.3. The highest BCUT2D eigenvalue weighted by molar-refractivity contribution is 5.79. The van der Waals surface area contributed by atoms with Crippen LogP contribution in [0, 0.1) is 0 Å². The largest absolute Gasteiger partial charge is 0.489 e.